The Hall–Kier alpha value is -1.97. The van der Waals surface area contributed by atoms with Gasteiger partial charge in [0.2, 0.25) is 0 Å². The highest BCUT2D eigenvalue weighted by molar-refractivity contribution is 5.71. The van der Waals surface area contributed by atoms with Crippen LogP contribution in [0.3, 0.4) is 0 Å². The Kier molecular flexibility index (Phi) is 8.11. The highest BCUT2D eigenvalue weighted by Crippen LogP contribution is 2.24. The molecule has 0 spiro atoms. The lowest BCUT2D eigenvalue weighted by molar-refractivity contribution is -0.147. The van der Waals surface area contributed by atoms with E-state index in [1.54, 1.807) is 12.1 Å². The van der Waals surface area contributed by atoms with Crippen molar-refractivity contribution in [3.05, 3.63) is 30.3 Å². The van der Waals surface area contributed by atoms with Gasteiger partial charge in [0.15, 0.2) is 6.61 Å². The van der Waals surface area contributed by atoms with Crippen LogP contribution < -0.4 is 9.47 Å². The van der Waals surface area contributed by atoms with Gasteiger partial charge in [-0.1, -0.05) is 39.8 Å². The van der Waals surface area contributed by atoms with Crippen LogP contribution >= 0.6 is 0 Å². The zero-order valence-corrected chi connectivity index (χ0v) is 13.8. The fraction of sp³-hybridized carbons (Fsp3) is 0.500. The number of carbonyl (C=O) groups excluding carboxylic acids is 1. The maximum Gasteiger partial charge on any atom is 0.344 e. The first-order valence-corrected chi connectivity index (χ1v) is 7.74. The maximum absolute atomic E-state index is 11.6. The van der Waals surface area contributed by atoms with E-state index in [1.165, 1.54) is 0 Å². The molecule has 0 atom stereocenters. The van der Waals surface area contributed by atoms with Crippen molar-refractivity contribution in [1.29, 1.82) is 0 Å². The zero-order valence-electron chi connectivity index (χ0n) is 13.8. The van der Waals surface area contributed by atoms with Gasteiger partial charge in [-0.3, -0.25) is 0 Å². The van der Waals surface area contributed by atoms with Gasteiger partial charge in [-0.2, -0.15) is 0 Å². The van der Waals surface area contributed by atoms with E-state index < -0.39 is 0 Å². The van der Waals surface area contributed by atoms with Crippen LogP contribution in [0.5, 0.6) is 11.5 Å². The van der Waals surface area contributed by atoms with Crippen molar-refractivity contribution in [2.75, 3.05) is 19.8 Å². The molecule has 22 heavy (non-hydrogen) atoms. The van der Waals surface area contributed by atoms with E-state index in [2.05, 4.69) is 13.5 Å². The van der Waals surface area contributed by atoms with Crippen molar-refractivity contribution in [1.82, 2.24) is 0 Å². The van der Waals surface area contributed by atoms with Crippen LogP contribution in [0.2, 0.25) is 0 Å². The number of esters is 1. The molecule has 0 unspecified atom stereocenters. The van der Waals surface area contributed by atoms with E-state index in [0.717, 1.165) is 24.2 Å². The summed E-state index contributed by atoms with van der Waals surface area (Å²) in [5, 5.41) is 0. The summed E-state index contributed by atoms with van der Waals surface area (Å²) in [6.07, 6.45) is 3.79. The van der Waals surface area contributed by atoms with Gasteiger partial charge >= 0.3 is 5.97 Å². The van der Waals surface area contributed by atoms with Crippen molar-refractivity contribution < 1.29 is 19.0 Å². The molecule has 4 nitrogen and oxygen atoms in total. The van der Waals surface area contributed by atoms with Crippen LogP contribution in [0.15, 0.2) is 24.8 Å². The molecule has 1 aromatic carbocycles. The summed E-state index contributed by atoms with van der Waals surface area (Å²) < 4.78 is 16.2. The Labute approximate surface area is 133 Å². The summed E-state index contributed by atoms with van der Waals surface area (Å²) in [5.41, 5.74) is 0.888. The number of carbonyl (C=O) groups is 1. The zero-order chi connectivity index (χ0) is 16.4. The Morgan fingerprint density at radius 2 is 1.91 bits per heavy atom. The van der Waals surface area contributed by atoms with E-state index in [1.807, 2.05) is 26.0 Å². The molecule has 1 rings (SSSR count). The fourth-order valence-electron chi connectivity index (χ4n) is 1.66. The molecule has 0 aliphatic rings. The van der Waals surface area contributed by atoms with E-state index in [9.17, 15) is 4.79 Å². The molecule has 0 fully saturated rings. The molecule has 0 heterocycles. The topological polar surface area (TPSA) is 44.8 Å². The molecular weight excluding hydrogens is 280 g/mol. The average molecular weight is 306 g/mol. The summed E-state index contributed by atoms with van der Waals surface area (Å²) in [6, 6.07) is 5.49. The quantitative estimate of drug-likeness (QED) is 0.482. The van der Waals surface area contributed by atoms with Crippen LogP contribution in [0.25, 0.3) is 6.08 Å². The Balaban J connectivity index is 2.59. The maximum atomic E-state index is 11.6. The Morgan fingerprint density at radius 3 is 2.50 bits per heavy atom. The largest absolute Gasteiger partial charge is 0.493 e. The van der Waals surface area contributed by atoms with Crippen LogP contribution in [0.4, 0.5) is 0 Å². The number of hydrogen-bond donors (Lipinski definition) is 0. The third-order valence-corrected chi connectivity index (χ3v) is 2.84. The minimum Gasteiger partial charge on any atom is -0.493 e. The third kappa shape index (κ3) is 7.16. The number of hydrogen-bond acceptors (Lipinski definition) is 4. The molecule has 122 valence electrons. The van der Waals surface area contributed by atoms with Gasteiger partial charge in [0, 0.05) is 6.07 Å². The van der Waals surface area contributed by atoms with Gasteiger partial charge in [0.25, 0.3) is 0 Å². The molecule has 0 aliphatic heterocycles. The second kappa shape index (κ2) is 9.87. The number of benzene rings is 1. The predicted octanol–water partition coefficient (Wildman–Crippen LogP) is 4.09. The molecule has 0 aromatic heterocycles. The van der Waals surface area contributed by atoms with Crippen molar-refractivity contribution in [3.63, 3.8) is 0 Å². The van der Waals surface area contributed by atoms with Crippen molar-refractivity contribution in [2.45, 2.75) is 33.6 Å². The SMILES string of the molecule is C=Cc1cc(OCCCC)cc(OCC(=O)OCC(C)C)c1. The minimum absolute atomic E-state index is 0.109. The lowest BCUT2D eigenvalue weighted by Crippen LogP contribution is -2.17. The second-order valence-corrected chi connectivity index (χ2v) is 5.51. The van der Waals surface area contributed by atoms with Crippen LogP contribution in [0, 0.1) is 5.92 Å². The first-order chi connectivity index (χ1) is 10.5. The van der Waals surface area contributed by atoms with Crippen LogP contribution in [0.1, 0.15) is 39.2 Å². The first-order valence-electron chi connectivity index (χ1n) is 7.74. The first kappa shape index (κ1) is 18.1. The average Bonchev–Trinajstić information content (AvgIpc) is 2.51. The van der Waals surface area contributed by atoms with Crippen molar-refractivity contribution in [3.8, 4) is 11.5 Å². The third-order valence-electron chi connectivity index (χ3n) is 2.84. The molecule has 0 bridgehead atoms. The minimum atomic E-state index is -0.369. The summed E-state index contributed by atoms with van der Waals surface area (Å²) in [5.74, 6) is 1.24. The van der Waals surface area contributed by atoms with E-state index in [-0.39, 0.29) is 12.6 Å². The molecule has 0 aliphatic carbocycles. The van der Waals surface area contributed by atoms with Gasteiger partial charge in [-0.15, -0.1) is 0 Å². The molecule has 0 saturated carbocycles. The Bertz CT molecular complexity index is 480. The smallest absolute Gasteiger partial charge is 0.344 e. The van der Waals surface area contributed by atoms with Crippen molar-refractivity contribution in [2.24, 2.45) is 5.92 Å². The van der Waals surface area contributed by atoms with E-state index in [0.29, 0.717) is 24.9 Å². The molecule has 4 heteroatoms. The number of ether oxygens (including phenoxy) is 3. The van der Waals surface area contributed by atoms with Gasteiger partial charge in [0.1, 0.15) is 11.5 Å². The predicted molar refractivity (Wildman–Crippen MR) is 88.2 cm³/mol. The van der Waals surface area contributed by atoms with E-state index in [4.69, 9.17) is 14.2 Å². The summed E-state index contributed by atoms with van der Waals surface area (Å²) >= 11 is 0. The highest BCUT2D eigenvalue weighted by atomic mass is 16.6. The lowest BCUT2D eigenvalue weighted by atomic mass is 10.2. The number of rotatable bonds is 10. The summed E-state index contributed by atoms with van der Waals surface area (Å²) in [7, 11) is 0. The van der Waals surface area contributed by atoms with Gasteiger partial charge in [-0.05, 0) is 30.0 Å². The monoisotopic (exact) mass is 306 g/mol. The molecular formula is C18H26O4. The van der Waals surface area contributed by atoms with Crippen LogP contribution in [-0.4, -0.2) is 25.8 Å². The molecule has 0 saturated heterocycles. The summed E-state index contributed by atoms with van der Waals surface area (Å²) in [4.78, 5) is 11.6. The van der Waals surface area contributed by atoms with Crippen LogP contribution in [-0.2, 0) is 9.53 Å². The second-order valence-electron chi connectivity index (χ2n) is 5.51. The normalized spacial score (nSPS) is 10.4. The summed E-state index contributed by atoms with van der Waals surface area (Å²) in [6.45, 7) is 10.8. The van der Waals surface area contributed by atoms with Gasteiger partial charge < -0.3 is 14.2 Å². The molecule has 1 aromatic rings. The highest BCUT2D eigenvalue weighted by Gasteiger charge is 2.07. The number of unbranched alkanes of at least 4 members (excludes halogenated alkanes) is 1. The standard InChI is InChI=1S/C18H26O4/c1-5-7-8-20-16-9-15(6-2)10-17(11-16)21-13-18(19)22-12-14(3)4/h6,9-11,14H,2,5,7-8,12-13H2,1,3-4H3. The van der Waals surface area contributed by atoms with E-state index >= 15 is 0 Å². The van der Waals surface area contributed by atoms with Gasteiger partial charge in [0.05, 0.1) is 13.2 Å². The molecule has 0 N–H and O–H groups in total. The fourth-order valence-corrected chi connectivity index (χ4v) is 1.66. The van der Waals surface area contributed by atoms with Gasteiger partial charge in [-0.25, -0.2) is 4.79 Å². The Morgan fingerprint density at radius 1 is 1.23 bits per heavy atom. The molecule has 0 radical (unpaired) electrons. The lowest BCUT2D eigenvalue weighted by Gasteiger charge is -2.11. The molecule has 0 amide bonds. The van der Waals surface area contributed by atoms with Crippen molar-refractivity contribution >= 4 is 12.0 Å².